The van der Waals surface area contributed by atoms with Crippen molar-refractivity contribution in [3.8, 4) is 11.3 Å². The summed E-state index contributed by atoms with van der Waals surface area (Å²) in [6, 6.07) is 0.927. The normalized spacial score (nSPS) is 11.7. The van der Waals surface area contributed by atoms with E-state index in [2.05, 4.69) is 15.0 Å². The summed E-state index contributed by atoms with van der Waals surface area (Å²) in [5.74, 6) is 0.396. The van der Waals surface area contributed by atoms with Crippen LogP contribution >= 0.6 is 11.6 Å². The quantitative estimate of drug-likeness (QED) is 0.784. The first-order valence-electron chi connectivity index (χ1n) is 5.89. The van der Waals surface area contributed by atoms with E-state index in [9.17, 15) is 13.2 Å². The van der Waals surface area contributed by atoms with Crippen molar-refractivity contribution in [2.24, 2.45) is 0 Å². The van der Waals surface area contributed by atoms with Gasteiger partial charge in [0.15, 0.2) is 0 Å². The van der Waals surface area contributed by atoms with E-state index in [1.165, 1.54) is 0 Å². The molecule has 0 saturated carbocycles. The Labute approximate surface area is 118 Å². The predicted octanol–water partition coefficient (Wildman–Crippen LogP) is 4.08. The van der Waals surface area contributed by atoms with Crippen LogP contribution in [-0.4, -0.2) is 15.0 Å². The van der Waals surface area contributed by atoms with Crippen LogP contribution in [0.3, 0.4) is 0 Å². The van der Waals surface area contributed by atoms with E-state index in [0.717, 1.165) is 18.5 Å². The maximum absolute atomic E-state index is 13.0. The van der Waals surface area contributed by atoms with Crippen LogP contribution in [0.25, 0.3) is 11.3 Å². The van der Waals surface area contributed by atoms with Crippen LogP contribution in [-0.2, 0) is 12.6 Å². The van der Waals surface area contributed by atoms with Gasteiger partial charge in [0.2, 0.25) is 0 Å². The van der Waals surface area contributed by atoms with Gasteiger partial charge in [0.05, 0.1) is 11.3 Å². The summed E-state index contributed by atoms with van der Waals surface area (Å²) in [6.45, 7) is 3.39. The van der Waals surface area contributed by atoms with Crippen molar-refractivity contribution in [3.63, 3.8) is 0 Å². The zero-order valence-corrected chi connectivity index (χ0v) is 11.5. The molecule has 0 atom stereocenters. The molecule has 0 aliphatic carbocycles. The van der Waals surface area contributed by atoms with Gasteiger partial charge < -0.3 is 0 Å². The molecule has 0 radical (unpaired) electrons. The lowest BCUT2D eigenvalue weighted by atomic mass is 10.0. The largest absolute Gasteiger partial charge is 0.417 e. The smallest absolute Gasteiger partial charge is 0.264 e. The number of aryl methyl sites for hydroxylation is 1. The standard InChI is InChI=1S/C13H11ClF3N3/c1-3-10-19-11(7(2)12(14)20-10)8-6-18-5-4-9(8)13(15,16)17/h4-6H,3H2,1-2H3. The highest BCUT2D eigenvalue weighted by molar-refractivity contribution is 6.30. The van der Waals surface area contributed by atoms with Crippen LogP contribution in [0, 0.1) is 6.92 Å². The topological polar surface area (TPSA) is 38.7 Å². The Bertz CT molecular complexity index is 641. The molecule has 0 fully saturated rings. The molecule has 106 valence electrons. The van der Waals surface area contributed by atoms with E-state index in [-0.39, 0.29) is 16.4 Å². The molecule has 0 amide bonds. The molecule has 0 aliphatic heterocycles. The minimum atomic E-state index is -4.48. The lowest BCUT2D eigenvalue weighted by molar-refractivity contribution is -0.137. The van der Waals surface area contributed by atoms with Gasteiger partial charge in [-0.2, -0.15) is 13.2 Å². The maximum Gasteiger partial charge on any atom is 0.417 e. The molecule has 0 aliphatic rings. The van der Waals surface area contributed by atoms with Crippen molar-refractivity contribution in [1.29, 1.82) is 0 Å². The highest BCUT2D eigenvalue weighted by atomic mass is 35.5. The van der Waals surface area contributed by atoms with E-state index < -0.39 is 11.7 Å². The molecule has 2 rings (SSSR count). The first-order valence-corrected chi connectivity index (χ1v) is 6.27. The third kappa shape index (κ3) is 2.75. The molecule has 0 aromatic carbocycles. The van der Waals surface area contributed by atoms with Gasteiger partial charge in [-0.25, -0.2) is 9.97 Å². The third-order valence-electron chi connectivity index (χ3n) is 2.83. The number of hydrogen-bond acceptors (Lipinski definition) is 3. The number of aromatic nitrogens is 3. The summed E-state index contributed by atoms with van der Waals surface area (Å²) in [5, 5.41) is 0.156. The Morgan fingerprint density at radius 1 is 1.25 bits per heavy atom. The Morgan fingerprint density at radius 2 is 1.95 bits per heavy atom. The van der Waals surface area contributed by atoms with Gasteiger partial charge in [-0.1, -0.05) is 18.5 Å². The first kappa shape index (κ1) is 14.7. The Kier molecular flexibility index (Phi) is 3.94. The third-order valence-corrected chi connectivity index (χ3v) is 3.20. The van der Waals surface area contributed by atoms with Crippen molar-refractivity contribution in [2.45, 2.75) is 26.4 Å². The summed E-state index contributed by atoms with van der Waals surface area (Å²) >= 11 is 5.96. The van der Waals surface area contributed by atoms with Gasteiger partial charge in [-0.15, -0.1) is 0 Å². The van der Waals surface area contributed by atoms with Crippen molar-refractivity contribution in [3.05, 3.63) is 40.6 Å². The van der Waals surface area contributed by atoms with Gasteiger partial charge in [0.25, 0.3) is 0 Å². The number of halogens is 4. The lowest BCUT2D eigenvalue weighted by Gasteiger charge is -2.14. The average Bonchev–Trinajstić information content (AvgIpc) is 2.40. The molecule has 0 bridgehead atoms. The molecule has 0 unspecified atom stereocenters. The van der Waals surface area contributed by atoms with Gasteiger partial charge >= 0.3 is 6.18 Å². The molecule has 2 aromatic heterocycles. The zero-order valence-electron chi connectivity index (χ0n) is 10.8. The number of hydrogen-bond donors (Lipinski definition) is 0. The minimum Gasteiger partial charge on any atom is -0.264 e. The molecular weight excluding hydrogens is 291 g/mol. The minimum absolute atomic E-state index is 0.0866. The Hall–Kier alpha value is -1.69. The highest BCUT2D eigenvalue weighted by Crippen LogP contribution is 2.37. The second kappa shape index (κ2) is 5.36. The van der Waals surface area contributed by atoms with Crippen LogP contribution in [0.4, 0.5) is 13.2 Å². The summed E-state index contributed by atoms with van der Waals surface area (Å²) in [6.07, 6.45) is -1.75. The summed E-state index contributed by atoms with van der Waals surface area (Å²) in [4.78, 5) is 11.9. The Balaban J connectivity index is 2.72. The number of rotatable bonds is 2. The predicted molar refractivity (Wildman–Crippen MR) is 69.4 cm³/mol. The second-order valence-corrected chi connectivity index (χ2v) is 4.53. The zero-order chi connectivity index (χ0) is 14.9. The Morgan fingerprint density at radius 3 is 2.55 bits per heavy atom. The van der Waals surface area contributed by atoms with Crippen molar-refractivity contribution in [1.82, 2.24) is 15.0 Å². The van der Waals surface area contributed by atoms with Crippen LogP contribution in [0.5, 0.6) is 0 Å². The highest BCUT2D eigenvalue weighted by Gasteiger charge is 2.34. The molecule has 20 heavy (non-hydrogen) atoms. The lowest BCUT2D eigenvalue weighted by Crippen LogP contribution is -2.09. The SMILES string of the molecule is CCc1nc(Cl)c(C)c(-c2cnccc2C(F)(F)F)n1. The van der Waals surface area contributed by atoms with Crippen molar-refractivity contribution >= 4 is 11.6 Å². The van der Waals surface area contributed by atoms with Crippen molar-refractivity contribution in [2.75, 3.05) is 0 Å². The fraction of sp³-hybridized carbons (Fsp3) is 0.308. The van der Waals surface area contributed by atoms with Gasteiger partial charge in [0.1, 0.15) is 11.0 Å². The fourth-order valence-electron chi connectivity index (χ4n) is 1.78. The molecule has 0 N–H and O–H groups in total. The fourth-order valence-corrected chi connectivity index (χ4v) is 1.97. The summed E-state index contributed by atoms with van der Waals surface area (Å²) in [7, 11) is 0. The number of alkyl halides is 3. The molecule has 3 nitrogen and oxygen atoms in total. The van der Waals surface area contributed by atoms with Crippen LogP contribution in [0.15, 0.2) is 18.5 Å². The summed E-state index contributed by atoms with van der Waals surface area (Å²) < 4.78 is 39.1. The van der Waals surface area contributed by atoms with Gasteiger partial charge in [-0.05, 0) is 13.0 Å². The second-order valence-electron chi connectivity index (χ2n) is 4.18. The number of nitrogens with zero attached hydrogens (tertiary/aromatic N) is 3. The van der Waals surface area contributed by atoms with Crippen LogP contribution in [0.1, 0.15) is 23.9 Å². The molecule has 7 heteroatoms. The van der Waals surface area contributed by atoms with E-state index in [1.54, 1.807) is 13.8 Å². The monoisotopic (exact) mass is 301 g/mol. The molecular formula is C13H11ClF3N3. The van der Waals surface area contributed by atoms with E-state index in [1.807, 2.05) is 0 Å². The van der Waals surface area contributed by atoms with Crippen molar-refractivity contribution < 1.29 is 13.2 Å². The van der Waals surface area contributed by atoms with E-state index >= 15 is 0 Å². The first-order chi connectivity index (χ1) is 9.34. The molecule has 0 saturated heterocycles. The van der Waals surface area contributed by atoms with Crippen LogP contribution < -0.4 is 0 Å². The van der Waals surface area contributed by atoms with E-state index in [0.29, 0.717) is 17.8 Å². The van der Waals surface area contributed by atoms with Gasteiger partial charge in [0, 0.05) is 29.9 Å². The molecule has 2 heterocycles. The average molecular weight is 302 g/mol. The maximum atomic E-state index is 13.0. The molecule has 0 spiro atoms. The summed E-state index contributed by atoms with van der Waals surface area (Å²) in [5.41, 5.74) is -0.298. The number of pyridine rings is 1. The van der Waals surface area contributed by atoms with Crippen LogP contribution in [0.2, 0.25) is 5.15 Å². The van der Waals surface area contributed by atoms with Gasteiger partial charge in [-0.3, -0.25) is 4.98 Å². The van der Waals surface area contributed by atoms with E-state index in [4.69, 9.17) is 11.6 Å². The molecule has 2 aromatic rings.